The lowest BCUT2D eigenvalue weighted by Gasteiger charge is -2.17. The van der Waals surface area contributed by atoms with Crippen LogP contribution in [0, 0.1) is 0 Å². The molecule has 3 aromatic rings. The molecule has 1 aliphatic rings. The van der Waals surface area contributed by atoms with Crippen molar-refractivity contribution in [1.82, 2.24) is 24.9 Å². The van der Waals surface area contributed by atoms with Gasteiger partial charge >= 0.3 is 0 Å². The third-order valence-electron chi connectivity index (χ3n) is 5.00. The molecule has 1 N–H and O–H groups in total. The van der Waals surface area contributed by atoms with E-state index in [1.807, 2.05) is 29.9 Å². The highest BCUT2D eigenvalue weighted by atomic mass is 35.5. The van der Waals surface area contributed by atoms with Crippen molar-refractivity contribution in [2.45, 2.75) is 38.8 Å². The van der Waals surface area contributed by atoms with Crippen LogP contribution in [-0.4, -0.2) is 31.9 Å². The molecule has 0 unspecified atom stereocenters. The lowest BCUT2D eigenvalue weighted by molar-refractivity contribution is 0.314. The number of hydrogen-bond acceptors (Lipinski definition) is 3. The number of fused-ring (bicyclic) bond motifs is 1. The summed E-state index contributed by atoms with van der Waals surface area (Å²) in [6.07, 6.45) is 6.91. The van der Waals surface area contributed by atoms with Gasteiger partial charge in [0.2, 0.25) is 0 Å². The van der Waals surface area contributed by atoms with E-state index in [1.54, 1.807) is 0 Å². The van der Waals surface area contributed by atoms with Crippen molar-refractivity contribution in [3.05, 3.63) is 58.0 Å². The van der Waals surface area contributed by atoms with E-state index in [4.69, 9.17) is 11.6 Å². The fraction of sp³-hybridized carbons (Fsp3) is 0.400. The standard InChI is InChI=1S/C20H24ClN5/c1-25(13-19-17-8-3-4-9-18(17)22-23-19)11-15-12-26(2)24-20(15)14-6-5-7-16(21)10-14/h5-7,10,12H,3-4,8-9,11,13H2,1-2H3,(H,22,23). The molecule has 6 heteroatoms. The highest BCUT2D eigenvalue weighted by Gasteiger charge is 2.19. The van der Waals surface area contributed by atoms with Crippen molar-refractivity contribution in [2.24, 2.45) is 7.05 Å². The van der Waals surface area contributed by atoms with Gasteiger partial charge in [0.15, 0.2) is 0 Å². The largest absolute Gasteiger partial charge is 0.296 e. The molecule has 0 saturated heterocycles. The second-order valence-electron chi connectivity index (χ2n) is 7.19. The number of nitrogens with zero attached hydrogens (tertiary/aromatic N) is 4. The number of aryl methyl sites for hydroxylation is 2. The molecular weight excluding hydrogens is 346 g/mol. The monoisotopic (exact) mass is 369 g/mol. The molecule has 0 spiro atoms. The van der Waals surface area contributed by atoms with Crippen LogP contribution in [0.3, 0.4) is 0 Å². The smallest absolute Gasteiger partial charge is 0.0968 e. The number of rotatable bonds is 5. The van der Waals surface area contributed by atoms with E-state index in [0.717, 1.165) is 42.2 Å². The molecule has 0 aliphatic heterocycles. The third kappa shape index (κ3) is 3.55. The number of aromatic amines is 1. The molecule has 5 nitrogen and oxygen atoms in total. The molecule has 136 valence electrons. The summed E-state index contributed by atoms with van der Waals surface area (Å²) >= 11 is 6.17. The van der Waals surface area contributed by atoms with Crippen LogP contribution in [0.15, 0.2) is 30.5 Å². The SMILES string of the molecule is CN(Cc1cn(C)nc1-c1cccc(Cl)c1)Cc1n[nH]c2c1CCCC2. The lowest BCUT2D eigenvalue weighted by atomic mass is 9.96. The maximum atomic E-state index is 6.17. The number of halogens is 1. The Morgan fingerprint density at radius 3 is 2.92 bits per heavy atom. The molecule has 0 radical (unpaired) electrons. The maximum absolute atomic E-state index is 6.17. The highest BCUT2D eigenvalue weighted by Crippen LogP contribution is 2.27. The van der Waals surface area contributed by atoms with Crippen LogP contribution >= 0.6 is 11.6 Å². The Balaban J connectivity index is 1.53. The lowest BCUT2D eigenvalue weighted by Crippen LogP contribution is -2.19. The van der Waals surface area contributed by atoms with Crippen LogP contribution in [0.2, 0.25) is 5.02 Å². The summed E-state index contributed by atoms with van der Waals surface area (Å²) in [4.78, 5) is 2.30. The highest BCUT2D eigenvalue weighted by molar-refractivity contribution is 6.30. The van der Waals surface area contributed by atoms with E-state index in [-0.39, 0.29) is 0 Å². The molecule has 26 heavy (non-hydrogen) atoms. The number of H-pyrrole nitrogens is 1. The summed E-state index contributed by atoms with van der Waals surface area (Å²) in [7, 11) is 4.10. The molecule has 0 fully saturated rings. The van der Waals surface area contributed by atoms with Gasteiger partial charge in [0, 0.05) is 48.2 Å². The van der Waals surface area contributed by atoms with Gasteiger partial charge in [-0.05, 0) is 50.4 Å². The number of hydrogen-bond donors (Lipinski definition) is 1. The zero-order valence-electron chi connectivity index (χ0n) is 15.3. The Morgan fingerprint density at radius 2 is 2.08 bits per heavy atom. The van der Waals surface area contributed by atoms with Crippen LogP contribution in [0.25, 0.3) is 11.3 Å². The minimum atomic E-state index is 0.732. The quantitative estimate of drug-likeness (QED) is 0.740. The Bertz CT molecular complexity index is 911. The van der Waals surface area contributed by atoms with E-state index in [9.17, 15) is 0 Å². The van der Waals surface area contributed by atoms with Crippen LogP contribution in [0.1, 0.15) is 35.4 Å². The van der Waals surface area contributed by atoms with Crippen molar-refractivity contribution in [2.75, 3.05) is 7.05 Å². The minimum absolute atomic E-state index is 0.732. The zero-order chi connectivity index (χ0) is 18.1. The minimum Gasteiger partial charge on any atom is -0.296 e. The predicted octanol–water partition coefficient (Wildman–Crippen LogP) is 3.97. The van der Waals surface area contributed by atoms with Gasteiger partial charge in [0.25, 0.3) is 0 Å². The summed E-state index contributed by atoms with van der Waals surface area (Å²) < 4.78 is 1.87. The van der Waals surface area contributed by atoms with Gasteiger partial charge in [-0.2, -0.15) is 10.2 Å². The van der Waals surface area contributed by atoms with Crippen molar-refractivity contribution in [3.63, 3.8) is 0 Å². The summed E-state index contributed by atoms with van der Waals surface area (Å²) in [5.74, 6) is 0. The normalized spacial score (nSPS) is 14.0. The maximum Gasteiger partial charge on any atom is 0.0968 e. The fourth-order valence-corrected chi connectivity index (χ4v) is 4.01. The van der Waals surface area contributed by atoms with Crippen molar-refractivity contribution in [1.29, 1.82) is 0 Å². The first-order valence-electron chi connectivity index (χ1n) is 9.12. The van der Waals surface area contributed by atoms with Crippen LogP contribution in [0.5, 0.6) is 0 Å². The third-order valence-corrected chi connectivity index (χ3v) is 5.24. The van der Waals surface area contributed by atoms with Crippen LogP contribution in [-0.2, 0) is 33.0 Å². The molecule has 0 saturated carbocycles. The predicted molar refractivity (Wildman–Crippen MR) is 104 cm³/mol. The summed E-state index contributed by atoms with van der Waals surface area (Å²) in [6, 6.07) is 7.88. The Hall–Kier alpha value is -2.11. The Kier molecular flexibility index (Phi) is 4.83. The average molecular weight is 370 g/mol. The molecule has 0 bridgehead atoms. The molecule has 1 aromatic carbocycles. The molecular formula is C20H24ClN5. The van der Waals surface area contributed by atoms with E-state index in [0.29, 0.717) is 0 Å². The van der Waals surface area contributed by atoms with Gasteiger partial charge in [-0.3, -0.25) is 14.7 Å². The first kappa shape index (κ1) is 17.3. The molecule has 2 aromatic heterocycles. The van der Waals surface area contributed by atoms with Gasteiger partial charge in [0.05, 0.1) is 11.4 Å². The fourth-order valence-electron chi connectivity index (χ4n) is 3.81. The van der Waals surface area contributed by atoms with Crippen LogP contribution < -0.4 is 0 Å². The van der Waals surface area contributed by atoms with E-state index in [2.05, 4.69) is 39.5 Å². The van der Waals surface area contributed by atoms with E-state index in [1.165, 1.54) is 35.4 Å². The van der Waals surface area contributed by atoms with E-state index >= 15 is 0 Å². The van der Waals surface area contributed by atoms with Gasteiger partial charge in [0.1, 0.15) is 0 Å². The molecule has 4 rings (SSSR count). The van der Waals surface area contributed by atoms with Crippen molar-refractivity contribution in [3.8, 4) is 11.3 Å². The number of aromatic nitrogens is 4. The zero-order valence-corrected chi connectivity index (χ0v) is 16.1. The molecule has 0 amide bonds. The Labute approximate surface area is 159 Å². The topological polar surface area (TPSA) is 49.7 Å². The van der Waals surface area contributed by atoms with Gasteiger partial charge in [-0.15, -0.1) is 0 Å². The second kappa shape index (κ2) is 7.25. The number of nitrogens with one attached hydrogen (secondary N) is 1. The molecule has 1 aliphatic carbocycles. The first-order chi connectivity index (χ1) is 12.6. The van der Waals surface area contributed by atoms with Crippen LogP contribution in [0.4, 0.5) is 0 Å². The molecule has 0 atom stereocenters. The number of benzene rings is 1. The molecule has 2 heterocycles. The van der Waals surface area contributed by atoms with Crippen molar-refractivity contribution >= 4 is 11.6 Å². The second-order valence-corrected chi connectivity index (χ2v) is 7.63. The summed E-state index contributed by atoms with van der Waals surface area (Å²) in [6.45, 7) is 1.66. The summed E-state index contributed by atoms with van der Waals surface area (Å²) in [5, 5.41) is 13.2. The summed E-state index contributed by atoms with van der Waals surface area (Å²) in [5.41, 5.74) is 7.20. The van der Waals surface area contributed by atoms with Gasteiger partial charge in [-0.25, -0.2) is 0 Å². The Morgan fingerprint density at radius 1 is 1.23 bits per heavy atom. The average Bonchev–Trinajstić information content (AvgIpc) is 3.19. The van der Waals surface area contributed by atoms with Gasteiger partial charge in [-0.1, -0.05) is 23.7 Å². The van der Waals surface area contributed by atoms with E-state index < -0.39 is 0 Å². The van der Waals surface area contributed by atoms with Crippen molar-refractivity contribution < 1.29 is 0 Å². The van der Waals surface area contributed by atoms with Gasteiger partial charge < -0.3 is 0 Å². The first-order valence-corrected chi connectivity index (χ1v) is 9.50.